The van der Waals surface area contributed by atoms with Gasteiger partial charge in [0.2, 0.25) is 6.29 Å². The van der Waals surface area contributed by atoms with Crippen LogP contribution in [0, 0.1) is 11.8 Å². The minimum Gasteiger partial charge on any atom is -0.497 e. The van der Waals surface area contributed by atoms with Crippen molar-refractivity contribution in [3.05, 3.63) is 42.0 Å². The van der Waals surface area contributed by atoms with Gasteiger partial charge in [0.25, 0.3) is 0 Å². The molecule has 8 nitrogen and oxygen atoms in total. The van der Waals surface area contributed by atoms with Gasteiger partial charge in [-0.3, -0.25) is 9.59 Å². The topological polar surface area (TPSA) is 111 Å². The fourth-order valence-corrected chi connectivity index (χ4v) is 3.64. The molecule has 0 aliphatic rings. The molecule has 0 spiro atoms. The van der Waals surface area contributed by atoms with Gasteiger partial charge in [0, 0.05) is 19.9 Å². The van der Waals surface area contributed by atoms with E-state index in [2.05, 4.69) is 5.32 Å². The monoisotopic (exact) mass is 459 g/mol. The highest BCUT2D eigenvalue weighted by atomic mass is 16.7. The third-order valence-corrected chi connectivity index (χ3v) is 5.28. The number of methoxy groups -OCH3 is 1. The lowest BCUT2D eigenvalue weighted by atomic mass is 9.94. The van der Waals surface area contributed by atoms with Crippen LogP contribution in [0.3, 0.4) is 0 Å². The summed E-state index contributed by atoms with van der Waals surface area (Å²) in [5, 5.41) is 13.5. The molecule has 33 heavy (non-hydrogen) atoms. The second-order valence-electron chi connectivity index (χ2n) is 8.58. The zero-order valence-corrected chi connectivity index (χ0v) is 19.8. The third-order valence-electron chi connectivity index (χ3n) is 5.28. The van der Waals surface area contributed by atoms with Gasteiger partial charge in [0.15, 0.2) is 0 Å². The van der Waals surface area contributed by atoms with Crippen LogP contribution < -0.4 is 10.1 Å². The first kappa shape index (κ1) is 26.0. The molecular weight excluding hydrogens is 426 g/mol. The number of alkyl carbamates (subject to hydrolysis) is 1. The Morgan fingerprint density at radius 3 is 2.27 bits per heavy atom. The highest BCUT2D eigenvalue weighted by Crippen LogP contribution is 2.26. The van der Waals surface area contributed by atoms with Gasteiger partial charge in [-0.2, -0.15) is 0 Å². The molecule has 1 amide bonds. The minimum atomic E-state index is -1.09. The highest BCUT2D eigenvalue weighted by Gasteiger charge is 2.22. The Bertz CT molecular complexity index is 972. The molecule has 0 aliphatic heterocycles. The molecule has 0 saturated carbocycles. The summed E-state index contributed by atoms with van der Waals surface area (Å²) in [6.07, 6.45) is -1.24. The largest absolute Gasteiger partial charge is 0.497 e. The van der Waals surface area contributed by atoms with Crippen molar-refractivity contribution in [3.8, 4) is 5.75 Å². The molecule has 3 atom stereocenters. The first-order valence-corrected chi connectivity index (χ1v) is 11.0. The number of benzene rings is 2. The first-order valence-electron chi connectivity index (χ1n) is 11.0. The predicted octanol–water partition coefficient (Wildman–Crippen LogP) is 4.70. The second-order valence-corrected chi connectivity index (χ2v) is 8.58. The van der Waals surface area contributed by atoms with Crippen molar-refractivity contribution in [1.82, 2.24) is 5.32 Å². The van der Waals surface area contributed by atoms with Crippen LogP contribution in [0.5, 0.6) is 5.75 Å². The Balaban J connectivity index is 1.89. The molecule has 2 aromatic rings. The van der Waals surface area contributed by atoms with Crippen molar-refractivity contribution in [2.24, 2.45) is 11.8 Å². The van der Waals surface area contributed by atoms with E-state index in [1.165, 1.54) is 6.92 Å². The number of ether oxygens (including phenoxy) is 3. The molecule has 0 radical (unpaired) electrons. The average molecular weight is 460 g/mol. The Hall–Kier alpha value is -3.29. The Labute approximate surface area is 194 Å². The fourth-order valence-electron chi connectivity index (χ4n) is 3.64. The van der Waals surface area contributed by atoms with E-state index in [1.807, 2.05) is 50.2 Å². The lowest BCUT2D eigenvalue weighted by Crippen LogP contribution is -2.34. The van der Waals surface area contributed by atoms with Crippen LogP contribution in [-0.2, 0) is 19.1 Å². The van der Waals surface area contributed by atoms with E-state index in [9.17, 15) is 14.4 Å². The van der Waals surface area contributed by atoms with Crippen LogP contribution in [0.15, 0.2) is 36.4 Å². The molecule has 180 valence electrons. The summed E-state index contributed by atoms with van der Waals surface area (Å²) >= 11 is 0. The van der Waals surface area contributed by atoms with Crippen molar-refractivity contribution >= 4 is 28.8 Å². The zero-order chi connectivity index (χ0) is 24.5. The van der Waals surface area contributed by atoms with Crippen LogP contribution >= 0.6 is 0 Å². The van der Waals surface area contributed by atoms with Gasteiger partial charge in [0.1, 0.15) is 5.75 Å². The molecular formula is C25H33NO7. The number of aliphatic carboxylic acids is 1. The highest BCUT2D eigenvalue weighted by molar-refractivity contribution is 5.86. The van der Waals surface area contributed by atoms with Crippen LogP contribution in [0.4, 0.5) is 4.79 Å². The lowest BCUT2D eigenvalue weighted by Gasteiger charge is -2.20. The summed E-state index contributed by atoms with van der Waals surface area (Å²) in [7, 11) is 1.61. The number of fused-ring (bicyclic) bond motifs is 1. The summed E-state index contributed by atoms with van der Waals surface area (Å²) in [4.78, 5) is 35.6. The molecule has 2 aromatic carbocycles. The number of carboxylic acids is 1. The van der Waals surface area contributed by atoms with Gasteiger partial charge in [-0.1, -0.05) is 38.1 Å². The molecule has 0 aliphatic carbocycles. The van der Waals surface area contributed by atoms with Gasteiger partial charge in [-0.25, -0.2) is 4.79 Å². The second kappa shape index (κ2) is 12.1. The molecule has 0 fully saturated rings. The Morgan fingerprint density at radius 2 is 1.64 bits per heavy atom. The number of amides is 1. The van der Waals surface area contributed by atoms with Gasteiger partial charge in [-0.15, -0.1) is 0 Å². The molecule has 0 heterocycles. The lowest BCUT2D eigenvalue weighted by molar-refractivity contribution is -0.166. The van der Waals surface area contributed by atoms with Crippen molar-refractivity contribution in [2.45, 2.75) is 52.7 Å². The summed E-state index contributed by atoms with van der Waals surface area (Å²) in [5.41, 5.74) is 0.777. The quantitative estimate of drug-likeness (QED) is 0.370. The number of rotatable bonds is 11. The molecule has 3 unspecified atom stereocenters. The van der Waals surface area contributed by atoms with Gasteiger partial charge in [0.05, 0.1) is 13.0 Å². The third kappa shape index (κ3) is 8.29. The maximum absolute atomic E-state index is 12.6. The van der Waals surface area contributed by atoms with Crippen molar-refractivity contribution in [2.75, 3.05) is 13.7 Å². The SMILES string of the molecule is COc1ccc2cc(C(C)C(=O)OC(C)OC(=O)NCC(CC(=O)O)CC(C)C)ccc2c1. The average Bonchev–Trinajstić information content (AvgIpc) is 2.75. The maximum Gasteiger partial charge on any atom is 0.410 e. The van der Waals surface area contributed by atoms with Crippen LogP contribution in [0.1, 0.15) is 52.0 Å². The van der Waals surface area contributed by atoms with Gasteiger partial charge < -0.3 is 24.6 Å². The van der Waals surface area contributed by atoms with Gasteiger partial charge >= 0.3 is 18.0 Å². The molecule has 2 rings (SSSR count). The Morgan fingerprint density at radius 1 is 0.970 bits per heavy atom. The number of carbonyl (C=O) groups excluding carboxylic acids is 2. The maximum atomic E-state index is 12.6. The number of nitrogens with one attached hydrogen (secondary N) is 1. The van der Waals surface area contributed by atoms with Crippen molar-refractivity contribution in [1.29, 1.82) is 0 Å². The Kier molecular flexibility index (Phi) is 9.51. The van der Waals surface area contributed by atoms with Crippen molar-refractivity contribution in [3.63, 3.8) is 0 Å². The zero-order valence-electron chi connectivity index (χ0n) is 19.8. The number of esters is 1. The van der Waals surface area contributed by atoms with Crippen LogP contribution in [-0.4, -0.2) is 43.1 Å². The first-order chi connectivity index (χ1) is 15.6. The molecule has 0 aromatic heterocycles. The number of carboxylic acid groups (broad SMARTS) is 1. The molecule has 8 heteroatoms. The van der Waals surface area contributed by atoms with Crippen LogP contribution in [0.2, 0.25) is 0 Å². The standard InChI is InChI=1S/C25H33NO7/c1-15(2)10-18(11-23(27)28)14-26-25(30)33-17(4)32-24(29)16(3)19-6-7-21-13-22(31-5)9-8-20(21)12-19/h6-9,12-13,15-18H,10-11,14H2,1-5H3,(H,26,30)(H,27,28). The smallest absolute Gasteiger partial charge is 0.410 e. The predicted molar refractivity (Wildman–Crippen MR) is 124 cm³/mol. The van der Waals surface area contributed by atoms with Crippen LogP contribution in [0.25, 0.3) is 10.8 Å². The van der Waals surface area contributed by atoms with E-state index in [-0.39, 0.29) is 18.9 Å². The van der Waals surface area contributed by atoms with Gasteiger partial charge in [-0.05, 0) is 53.6 Å². The number of carbonyl (C=O) groups is 3. The summed E-state index contributed by atoms with van der Waals surface area (Å²) in [6, 6.07) is 11.4. The number of hydrogen-bond donors (Lipinski definition) is 2. The van der Waals surface area contributed by atoms with E-state index >= 15 is 0 Å². The van der Waals surface area contributed by atoms with Crippen molar-refractivity contribution < 1.29 is 33.7 Å². The minimum absolute atomic E-state index is 0.0426. The number of hydrogen-bond acceptors (Lipinski definition) is 6. The molecule has 0 bridgehead atoms. The summed E-state index contributed by atoms with van der Waals surface area (Å²) in [6.45, 7) is 7.33. The fraction of sp³-hybridized carbons (Fsp3) is 0.480. The van der Waals surface area contributed by atoms with E-state index in [0.717, 1.165) is 22.1 Å². The molecule has 0 saturated heterocycles. The van der Waals surface area contributed by atoms with E-state index in [0.29, 0.717) is 12.3 Å². The summed E-state index contributed by atoms with van der Waals surface area (Å²) in [5.74, 6) is -1.15. The molecule has 2 N–H and O–H groups in total. The summed E-state index contributed by atoms with van der Waals surface area (Å²) < 4.78 is 15.6. The van der Waals surface area contributed by atoms with E-state index in [1.54, 1.807) is 14.0 Å². The normalized spacial score (nSPS) is 13.8. The van der Waals surface area contributed by atoms with E-state index < -0.39 is 30.2 Å². The van der Waals surface area contributed by atoms with E-state index in [4.69, 9.17) is 19.3 Å².